The molecule has 0 radical (unpaired) electrons. The quantitative estimate of drug-likeness (QED) is 0.126. The van der Waals surface area contributed by atoms with E-state index in [1.165, 1.54) is 5.57 Å². The Labute approximate surface area is 236 Å². The lowest BCUT2D eigenvalue weighted by Gasteiger charge is -2.36. The average molecular weight is 579 g/mol. The van der Waals surface area contributed by atoms with Gasteiger partial charge in [0.15, 0.2) is 26.5 Å². The molecule has 1 atom stereocenters. The second-order valence-corrected chi connectivity index (χ2v) is 25.0. The standard InChI is InChI=1S/C31H54O4SSi2/c1-27(17-15-16-26-36(32,33)29-18-13-12-14-19-29)20-21-28(22-24-34-37(8,9)30(2,3)4)23-25-35-38(10,11)31(5,6)7/h12-16,18-22,27H,17,23-26H2,1-11H3/b16-15+,21-20+,28-22+/t27-/m0/s1. The van der Waals surface area contributed by atoms with E-state index < -0.39 is 26.5 Å². The van der Waals surface area contributed by atoms with Crippen LogP contribution in [0.25, 0.3) is 0 Å². The third-order valence-corrected chi connectivity index (χ3v) is 18.6. The first-order valence-corrected chi connectivity index (χ1v) is 21.3. The van der Waals surface area contributed by atoms with Crippen molar-refractivity contribution in [1.29, 1.82) is 0 Å². The van der Waals surface area contributed by atoms with Crippen molar-refractivity contribution in [2.75, 3.05) is 19.0 Å². The minimum Gasteiger partial charge on any atom is -0.416 e. The zero-order chi connectivity index (χ0) is 29.3. The smallest absolute Gasteiger partial charge is 0.192 e. The van der Waals surface area contributed by atoms with Gasteiger partial charge in [0.2, 0.25) is 0 Å². The number of rotatable bonds is 14. The fourth-order valence-corrected chi connectivity index (χ4v) is 6.20. The van der Waals surface area contributed by atoms with Crippen LogP contribution in [0.4, 0.5) is 0 Å². The summed E-state index contributed by atoms with van der Waals surface area (Å²) in [5.74, 6) is 0.311. The monoisotopic (exact) mass is 578 g/mol. The van der Waals surface area contributed by atoms with E-state index in [-0.39, 0.29) is 21.7 Å². The van der Waals surface area contributed by atoms with Gasteiger partial charge < -0.3 is 8.85 Å². The molecule has 0 heterocycles. The topological polar surface area (TPSA) is 52.6 Å². The highest BCUT2D eigenvalue weighted by Gasteiger charge is 2.37. The summed E-state index contributed by atoms with van der Waals surface area (Å²) in [5.41, 5.74) is 1.23. The highest BCUT2D eigenvalue weighted by molar-refractivity contribution is 7.91. The highest BCUT2D eigenvalue weighted by Crippen LogP contribution is 2.37. The fourth-order valence-electron chi connectivity index (χ4n) is 3.06. The zero-order valence-corrected chi connectivity index (χ0v) is 28.7. The third kappa shape index (κ3) is 11.9. The largest absolute Gasteiger partial charge is 0.416 e. The molecule has 0 spiro atoms. The molecule has 0 aliphatic heterocycles. The molecule has 38 heavy (non-hydrogen) atoms. The summed E-state index contributed by atoms with van der Waals surface area (Å²) in [4.78, 5) is 0.368. The Balaban J connectivity index is 2.82. The van der Waals surface area contributed by atoms with Gasteiger partial charge in [-0.15, -0.1) is 0 Å². The summed E-state index contributed by atoms with van der Waals surface area (Å²) in [6.45, 7) is 26.2. The third-order valence-electron chi connectivity index (χ3n) is 7.99. The lowest BCUT2D eigenvalue weighted by Crippen LogP contribution is -2.41. The predicted octanol–water partition coefficient (Wildman–Crippen LogP) is 8.96. The van der Waals surface area contributed by atoms with Crippen LogP contribution in [-0.4, -0.2) is 44.0 Å². The van der Waals surface area contributed by atoms with Crippen LogP contribution in [0.3, 0.4) is 0 Å². The molecule has 1 aromatic carbocycles. The van der Waals surface area contributed by atoms with Crippen LogP contribution in [0.5, 0.6) is 0 Å². The van der Waals surface area contributed by atoms with Crippen molar-refractivity contribution in [2.45, 2.75) is 102 Å². The van der Waals surface area contributed by atoms with E-state index in [4.69, 9.17) is 8.85 Å². The van der Waals surface area contributed by atoms with Crippen molar-refractivity contribution < 1.29 is 17.3 Å². The maximum atomic E-state index is 12.5. The van der Waals surface area contributed by atoms with Gasteiger partial charge in [0.1, 0.15) is 0 Å². The maximum Gasteiger partial charge on any atom is 0.192 e. The molecule has 0 saturated carbocycles. The molecule has 1 aromatic rings. The SMILES string of the molecule is C[C@H](/C=C/C(=C\CO[Si](C)(C)C(C)(C)C)CCO[Si](C)(C)C(C)(C)C)C/C=C/CS(=O)(=O)c1ccccc1. The summed E-state index contributed by atoms with van der Waals surface area (Å²) in [5, 5.41) is 0.365. The summed E-state index contributed by atoms with van der Waals surface area (Å²) >= 11 is 0. The van der Waals surface area contributed by atoms with Crippen LogP contribution in [-0.2, 0) is 18.7 Å². The molecular formula is C31H54O4SSi2. The minimum atomic E-state index is -3.29. The van der Waals surface area contributed by atoms with Crippen LogP contribution in [0.1, 0.15) is 61.3 Å². The summed E-state index contributed by atoms with van der Waals surface area (Å²) in [7, 11) is -6.90. The number of benzene rings is 1. The molecule has 0 N–H and O–H groups in total. The Morgan fingerprint density at radius 3 is 2.00 bits per heavy atom. The lowest BCUT2D eigenvalue weighted by atomic mass is 10.0. The number of hydrogen-bond donors (Lipinski definition) is 0. The molecule has 0 aliphatic rings. The maximum absolute atomic E-state index is 12.5. The number of sulfone groups is 1. The van der Waals surface area contributed by atoms with Crippen LogP contribution in [0.15, 0.2) is 71.2 Å². The van der Waals surface area contributed by atoms with Gasteiger partial charge in [0.05, 0.1) is 17.3 Å². The Morgan fingerprint density at radius 1 is 0.895 bits per heavy atom. The summed E-state index contributed by atoms with van der Waals surface area (Å²) in [6.07, 6.45) is 12.0. The van der Waals surface area contributed by atoms with Crippen molar-refractivity contribution in [3.8, 4) is 0 Å². The van der Waals surface area contributed by atoms with Gasteiger partial charge >= 0.3 is 0 Å². The lowest BCUT2D eigenvalue weighted by molar-refractivity contribution is 0.291. The van der Waals surface area contributed by atoms with Crippen molar-refractivity contribution in [2.24, 2.45) is 5.92 Å². The molecule has 0 aromatic heterocycles. The van der Waals surface area contributed by atoms with Crippen molar-refractivity contribution in [3.63, 3.8) is 0 Å². The predicted molar refractivity (Wildman–Crippen MR) is 170 cm³/mol. The summed E-state index contributed by atoms with van der Waals surface area (Å²) < 4.78 is 37.8. The normalized spacial score (nSPS) is 15.5. The molecule has 0 amide bonds. The average Bonchev–Trinajstić information content (AvgIpc) is 2.79. The van der Waals surface area contributed by atoms with Crippen molar-refractivity contribution in [1.82, 2.24) is 0 Å². The van der Waals surface area contributed by atoms with Gasteiger partial charge in [-0.05, 0) is 72.7 Å². The Bertz CT molecular complexity index is 1040. The summed E-state index contributed by atoms with van der Waals surface area (Å²) in [6, 6.07) is 8.62. The number of allylic oxidation sites excluding steroid dienone is 3. The Kier molecular flexibility index (Phi) is 13.2. The van der Waals surface area contributed by atoms with Crippen molar-refractivity contribution in [3.05, 3.63) is 66.3 Å². The molecule has 0 aliphatic carbocycles. The molecule has 1 rings (SSSR count). The first-order valence-electron chi connectivity index (χ1n) is 13.9. The Morgan fingerprint density at radius 2 is 1.45 bits per heavy atom. The van der Waals surface area contributed by atoms with Gasteiger partial charge in [-0.2, -0.15) is 0 Å². The van der Waals surface area contributed by atoms with Gasteiger partial charge in [0, 0.05) is 6.61 Å². The van der Waals surface area contributed by atoms with Crippen LogP contribution >= 0.6 is 0 Å². The van der Waals surface area contributed by atoms with Gasteiger partial charge in [-0.3, -0.25) is 0 Å². The first kappa shape index (κ1) is 34.8. The van der Waals surface area contributed by atoms with Crippen LogP contribution in [0.2, 0.25) is 36.3 Å². The van der Waals surface area contributed by atoms with Gasteiger partial charge in [-0.25, -0.2) is 8.42 Å². The van der Waals surface area contributed by atoms with Crippen LogP contribution < -0.4 is 0 Å². The molecule has 216 valence electrons. The van der Waals surface area contributed by atoms with Crippen LogP contribution in [0, 0.1) is 5.92 Å². The van der Waals surface area contributed by atoms with Crippen molar-refractivity contribution >= 4 is 26.5 Å². The van der Waals surface area contributed by atoms with E-state index in [1.54, 1.807) is 30.3 Å². The molecule has 0 unspecified atom stereocenters. The molecule has 7 heteroatoms. The van der Waals surface area contributed by atoms with E-state index in [0.717, 1.165) is 12.8 Å². The molecule has 0 saturated heterocycles. The molecular weight excluding hydrogens is 525 g/mol. The van der Waals surface area contributed by atoms with E-state index in [2.05, 4.69) is 92.9 Å². The van der Waals surface area contributed by atoms with E-state index in [0.29, 0.717) is 18.1 Å². The first-order chi connectivity index (χ1) is 17.3. The Hall–Kier alpha value is -1.26. The highest BCUT2D eigenvalue weighted by atomic mass is 32.2. The second-order valence-electron chi connectivity index (χ2n) is 13.3. The molecule has 0 bridgehead atoms. The fraction of sp³-hybridized carbons (Fsp3) is 0.613. The van der Waals surface area contributed by atoms with E-state index in [1.807, 2.05) is 12.1 Å². The van der Waals surface area contributed by atoms with E-state index >= 15 is 0 Å². The van der Waals surface area contributed by atoms with E-state index in [9.17, 15) is 8.42 Å². The van der Waals surface area contributed by atoms with Gasteiger partial charge in [-0.1, -0.05) is 97.0 Å². The number of hydrogen-bond acceptors (Lipinski definition) is 4. The molecule has 0 fully saturated rings. The zero-order valence-electron chi connectivity index (χ0n) is 25.9. The second kappa shape index (κ2) is 14.4. The minimum absolute atomic E-state index is 0.0220. The molecule has 4 nitrogen and oxygen atoms in total. The van der Waals surface area contributed by atoms with Gasteiger partial charge in [0.25, 0.3) is 0 Å².